The van der Waals surface area contributed by atoms with Crippen LogP contribution < -0.4 is 15.9 Å². The molecule has 0 spiro atoms. The van der Waals surface area contributed by atoms with Gasteiger partial charge in [-0.05, 0) is 68.2 Å². The third-order valence-corrected chi connectivity index (χ3v) is 23.5. The Morgan fingerprint density at radius 1 is 0.746 bits per heavy atom. The molecule has 3 amide bonds. The number of thioether (sulfide) groups is 1. The number of esters is 3. The summed E-state index contributed by atoms with van der Waals surface area (Å²) in [5, 5.41) is 0.973. The van der Waals surface area contributed by atoms with Crippen LogP contribution in [-0.4, -0.2) is 127 Å². The zero-order valence-electron chi connectivity index (χ0n) is 43.6. The molecule has 2 heterocycles. The van der Waals surface area contributed by atoms with Gasteiger partial charge in [0.1, 0.15) is 11.5 Å². The van der Waals surface area contributed by atoms with Crippen molar-refractivity contribution in [1.82, 2.24) is 14.7 Å². The number of carbonyl (C=O) groups excluding carboxylic acids is 7. The van der Waals surface area contributed by atoms with Crippen molar-refractivity contribution in [2.75, 3.05) is 34.2 Å². The third kappa shape index (κ3) is 12.5. The minimum absolute atomic E-state index is 0.00654. The van der Waals surface area contributed by atoms with Gasteiger partial charge in [0.25, 0.3) is 0 Å². The number of ether oxygens (including phenoxy) is 4. The number of hydrogen-bond acceptors (Lipinski definition) is 13. The van der Waals surface area contributed by atoms with Crippen molar-refractivity contribution in [3.05, 3.63) is 91.0 Å². The summed E-state index contributed by atoms with van der Waals surface area (Å²) in [6.45, 7) is 17.4. The summed E-state index contributed by atoms with van der Waals surface area (Å²) in [5.41, 5.74) is -0.917. The molecule has 0 aromatic heterocycles. The van der Waals surface area contributed by atoms with E-state index in [-0.39, 0.29) is 34.4 Å². The number of amides is 3. The topological polar surface area (TPSA) is 175 Å². The first-order valence-corrected chi connectivity index (χ1v) is 29.5. The lowest BCUT2D eigenvalue weighted by Gasteiger charge is -2.54. The maximum absolute atomic E-state index is 15.6. The number of likely N-dealkylation sites (tertiary alicyclic amines) is 2. The second-order valence-corrected chi connectivity index (χ2v) is 30.5. The van der Waals surface area contributed by atoms with Gasteiger partial charge in [-0.15, -0.1) is 0 Å². The number of carbonyl (C=O) groups is 7. The molecule has 2 fully saturated rings. The van der Waals surface area contributed by atoms with E-state index in [1.165, 1.54) is 14.7 Å². The molecular formula is C53H72N3O12PSSi. The van der Waals surface area contributed by atoms with Crippen LogP contribution in [0.15, 0.2) is 91.0 Å². The number of likely N-dealkylation sites (N-methyl/N-ethyl adjacent to an activating group) is 1. The lowest BCUT2D eigenvalue weighted by molar-refractivity contribution is -0.172. The predicted molar refractivity (Wildman–Crippen MR) is 280 cm³/mol. The second kappa shape index (κ2) is 23.1. The van der Waals surface area contributed by atoms with E-state index in [0.29, 0.717) is 0 Å². The summed E-state index contributed by atoms with van der Waals surface area (Å²) >= 11 is 0.962. The standard InChI is InChI=1S/C53H72N3O12PSSi/c1-34(2)47(59)64-33-67-51(63)55-31-40(30-41(55)44(57)54(11)12)70-49(61)35(3)43-42(36(4)68-71(13,14)53(8,9)10)45(58)56(43)46(48(60)65-32-66-50(62)52(5,6)7)69(37-24-18-15-19-25-37,38-26-20-16-21-27-38)39-28-22-17-23-29-39/h15-29,34-36,40-43H,30-33H2,1-14H3/t35-,36-,40+,41+,42-,43-/m1/s1. The fourth-order valence-corrected chi connectivity index (χ4v) is 15.5. The Balaban J connectivity index is 1.70. The Morgan fingerprint density at radius 3 is 1.69 bits per heavy atom. The smallest absolute Gasteiger partial charge is 0.413 e. The Morgan fingerprint density at radius 2 is 1.24 bits per heavy atom. The molecule has 3 aromatic carbocycles. The molecule has 15 nitrogen and oxygen atoms in total. The minimum atomic E-state index is -3.48. The summed E-state index contributed by atoms with van der Waals surface area (Å²) < 4.78 is 28.8. The van der Waals surface area contributed by atoms with Crippen molar-refractivity contribution in [2.24, 2.45) is 23.2 Å². The van der Waals surface area contributed by atoms with E-state index >= 15 is 14.4 Å². The molecule has 18 heteroatoms. The fraction of sp³-hybridized carbons (Fsp3) is 0.509. The highest BCUT2D eigenvalue weighted by molar-refractivity contribution is 8.14. The Kier molecular flexibility index (Phi) is 18.5. The molecule has 0 unspecified atom stereocenters. The van der Waals surface area contributed by atoms with Crippen molar-refractivity contribution in [3.63, 3.8) is 0 Å². The Hall–Kier alpha value is -5.22. The van der Waals surface area contributed by atoms with Gasteiger partial charge in [-0.2, -0.15) is 0 Å². The normalized spacial score (nSPS) is 19.3. The summed E-state index contributed by atoms with van der Waals surface area (Å²) in [6.07, 6.45) is -1.49. The monoisotopic (exact) mass is 1030 g/mol. The highest BCUT2D eigenvalue weighted by Gasteiger charge is 2.60. The number of rotatable bonds is 17. The van der Waals surface area contributed by atoms with Gasteiger partial charge in [0.15, 0.2) is 13.4 Å². The van der Waals surface area contributed by atoms with E-state index in [9.17, 15) is 19.2 Å². The molecule has 2 aliphatic rings. The first kappa shape index (κ1) is 56.7. The van der Waals surface area contributed by atoms with Gasteiger partial charge >= 0.3 is 24.0 Å². The molecule has 2 aliphatic heterocycles. The van der Waals surface area contributed by atoms with Crippen molar-refractivity contribution >= 4 is 89.2 Å². The van der Waals surface area contributed by atoms with Crippen molar-refractivity contribution in [2.45, 2.75) is 117 Å². The summed E-state index contributed by atoms with van der Waals surface area (Å²) in [4.78, 5) is 103. The molecular weight excluding hydrogens is 962 g/mol. The van der Waals surface area contributed by atoms with Crippen LogP contribution in [0.2, 0.25) is 18.1 Å². The first-order valence-electron chi connectivity index (χ1n) is 24.0. The van der Waals surface area contributed by atoms with Gasteiger partial charge in [0.05, 0.1) is 29.4 Å². The zero-order chi connectivity index (χ0) is 52.8. The van der Waals surface area contributed by atoms with Crippen LogP contribution >= 0.6 is 18.6 Å². The van der Waals surface area contributed by atoms with Crippen LogP contribution in [0.4, 0.5) is 4.79 Å². The van der Waals surface area contributed by atoms with Gasteiger partial charge in [0, 0.05) is 38.7 Å². The summed E-state index contributed by atoms with van der Waals surface area (Å²) in [6, 6.07) is 26.4. The molecule has 0 radical (unpaired) electrons. The van der Waals surface area contributed by atoms with Crippen molar-refractivity contribution < 1.29 is 56.9 Å². The van der Waals surface area contributed by atoms with Gasteiger partial charge in [-0.25, -0.2) is 9.59 Å². The van der Waals surface area contributed by atoms with Crippen LogP contribution in [0.1, 0.15) is 75.7 Å². The fourth-order valence-electron chi connectivity index (χ4n) is 8.50. The van der Waals surface area contributed by atoms with Crippen LogP contribution in [0, 0.1) is 23.2 Å². The minimum Gasteiger partial charge on any atom is -0.428 e. The molecule has 0 saturated carbocycles. The lowest BCUT2D eigenvalue weighted by atomic mass is 9.77. The highest BCUT2D eigenvalue weighted by Crippen LogP contribution is 2.52. The van der Waals surface area contributed by atoms with E-state index < -0.39 is 105 Å². The molecule has 386 valence electrons. The average molecular weight is 1030 g/mol. The van der Waals surface area contributed by atoms with Crippen molar-refractivity contribution in [1.29, 1.82) is 0 Å². The molecule has 0 N–H and O–H groups in total. The van der Waals surface area contributed by atoms with E-state index in [1.807, 2.05) is 97.9 Å². The second-order valence-electron chi connectivity index (χ2n) is 21.2. The van der Waals surface area contributed by atoms with Crippen LogP contribution in [-0.2, 0) is 52.1 Å². The van der Waals surface area contributed by atoms with Gasteiger partial charge < -0.3 is 33.2 Å². The molecule has 0 aliphatic carbocycles. The van der Waals surface area contributed by atoms with E-state index in [1.54, 1.807) is 55.6 Å². The number of β-lactam (4-membered cyclic amide) rings is 1. The molecule has 71 heavy (non-hydrogen) atoms. The molecule has 3 aromatic rings. The number of hydrogen-bond donors (Lipinski definition) is 0. The molecule has 2 saturated heterocycles. The lowest BCUT2D eigenvalue weighted by Crippen LogP contribution is -2.71. The van der Waals surface area contributed by atoms with E-state index in [4.69, 9.17) is 23.4 Å². The summed E-state index contributed by atoms with van der Waals surface area (Å²) in [7, 11) is 0.576. The quantitative estimate of drug-likeness (QED) is 0.0439. The van der Waals surface area contributed by atoms with Gasteiger partial charge in [0.2, 0.25) is 25.4 Å². The molecule has 6 atom stereocenters. The maximum atomic E-state index is 15.6. The molecule has 0 bridgehead atoms. The van der Waals surface area contributed by atoms with E-state index in [2.05, 4.69) is 33.9 Å². The largest absolute Gasteiger partial charge is 0.428 e. The predicted octanol–water partition coefficient (Wildman–Crippen LogP) is 7.16. The first-order chi connectivity index (χ1) is 33.2. The maximum Gasteiger partial charge on any atom is 0.413 e. The Labute approximate surface area is 424 Å². The van der Waals surface area contributed by atoms with Crippen LogP contribution in [0.5, 0.6) is 0 Å². The zero-order valence-corrected chi connectivity index (χ0v) is 46.3. The number of benzene rings is 3. The molecule has 5 rings (SSSR count). The number of nitrogens with zero attached hydrogens (tertiary/aromatic N) is 3. The van der Waals surface area contributed by atoms with Crippen molar-refractivity contribution in [3.8, 4) is 0 Å². The van der Waals surface area contributed by atoms with Gasteiger partial charge in [-0.3, -0.25) is 28.9 Å². The third-order valence-electron chi connectivity index (χ3n) is 13.4. The van der Waals surface area contributed by atoms with Crippen LogP contribution in [0.25, 0.3) is 0 Å². The SMILES string of the molecule is CC(C)C(=O)OCOC(=O)N1C[C@@H](SC(=O)[C@H](C)[C@@H]2[C@@H]([C@@H](C)O[Si](C)(C)C(C)(C)C)C(=O)N2C(C(=O)OCOC(=O)C(C)(C)C)=P(c2ccccc2)(c2ccccc2)c2ccccc2)C[C@H]1C(=O)N(C)C. The van der Waals surface area contributed by atoms with E-state index in [0.717, 1.165) is 27.7 Å². The van der Waals surface area contributed by atoms with Gasteiger partial charge in [-0.1, -0.05) is 144 Å². The average Bonchev–Trinajstić information content (AvgIpc) is 3.73. The summed E-state index contributed by atoms with van der Waals surface area (Å²) in [5.74, 6) is -5.24. The Bertz CT molecular complexity index is 2370. The van der Waals surface area contributed by atoms with Crippen LogP contribution in [0.3, 0.4) is 0 Å². The highest BCUT2D eigenvalue weighted by atomic mass is 32.2.